The summed E-state index contributed by atoms with van der Waals surface area (Å²) in [6.45, 7) is 2.47. The molecule has 0 saturated heterocycles. The lowest BCUT2D eigenvalue weighted by atomic mass is 10.2. The van der Waals surface area contributed by atoms with Crippen molar-refractivity contribution in [1.29, 1.82) is 0 Å². The van der Waals surface area contributed by atoms with Crippen LogP contribution in [0.5, 0.6) is 5.75 Å². The van der Waals surface area contributed by atoms with Crippen molar-refractivity contribution in [3.05, 3.63) is 57.8 Å². The molecule has 2 nitrogen and oxygen atoms in total. The number of anilines is 1. The molecule has 0 amide bonds. The second-order valence-electron chi connectivity index (χ2n) is 4.33. The maximum atomic E-state index is 13.3. The summed E-state index contributed by atoms with van der Waals surface area (Å²) < 4.78 is 19.5. The first-order valence-electron chi connectivity index (χ1n) is 5.92. The number of benzene rings is 2. The monoisotopic (exact) mass is 323 g/mol. The summed E-state index contributed by atoms with van der Waals surface area (Å²) in [5, 5.41) is 3.21. The Morgan fingerprint density at radius 2 is 2.00 bits per heavy atom. The quantitative estimate of drug-likeness (QED) is 0.893. The minimum atomic E-state index is -0.229. The van der Waals surface area contributed by atoms with Gasteiger partial charge in [0.2, 0.25) is 0 Å². The van der Waals surface area contributed by atoms with Crippen LogP contribution in [0.2, 0.25) is 0 Å². The molecule has 0 aliphatic heterocycles. The number of halogens is 2. The lowest BCUT2D eigenvalue weighted by molar-refractivity contribution is 0.414. The third-order valence-electron chi connectivity index (χ3n) is 2.78. The van der Waals surface area contributed by atoms with Crippen LogP contribution >= 0.6 is 15.9 Å². The number of methoxy groups -OCH3 is 1. The minimum absolute atomic E-state index is 0.229. The van der Waals surface area contributed by atoms with E-state index >= 15 is 0 Å². The van der Waals surface area contributed by atoms with Crippen LogP contribution in [-0.4, -0.2) is 7.11 Å². The summed E-state index contributed by atoms with van der Waals surface area (Å²) >= 11 is 3.49. The van der Waals surface area contributed by atoms with E-state index in [1.54, 1.807) is 7.11 Å². The van der Waals surface area contributed by atoms with Gasteiger partial charge in [-0.15, -0.1) is 0 Å². The second-order valence-corrected chi connectivity index (χ2v) is 5.18. The van der Waals surface area contributed by atoms with Gasteiger partial charge >= 0.3 is 0 Å². The summed E-state index contributed by atoms with van der Waals surface area (Å²) in [7, 11) is 1.64. The Kier molecular flexibility index (Phi) is 4.43. The van der Waals surface area contributed by atoms with E-state index in [9.17, 15) is 4.39 Å². The van der Waals surface area contributed by atoms with E-state index in [-0.39, 0.29) is 5.82 Å². The highest BCUT2D eigenvalue weighted by atomic mass is 79.9. The Balaban J connectivity index is 2.13. The lowest BCUT2D eigenvalue weighted by Gasteiger charge is -2.10. The molecule has 0 spiro atoms. The maximum Gasteiger partial charge on any atom is 0.125 e. The number of hydrogen-bond acceptors (Lipinski definition) is 2. The third-order valence-corrected chi connectivity index (χ3v) is 3.55. The molecule has 0 bridgehead atoms. The van der Waals surface area contributed by atoms with Crippen LogP contribution in [0.1, 0.15) is 11.1 Å². The summed E-state index contributed by atoms with van der Waals surface area (Å²) in [6.07, 6.45) is 0. The van der Waals surface area contributed by atoms with E-state index in [0.29, 0.717) is 6.54 Å². The fourth-order valence-corrected chi connectivity index (χ4v) is 2.24. The van der Waals surface area contributed by atoms with Gasteiger partial charge in [0.15, 0.2) is 0 Å². The van der Waals surface area contributed by atoms with Crippen LogP contribution < -0.4 is 10.1 Å². The largest absolute Gasteiger partial charge is 0.497 e. The van der Waals surface area contributed by atoms with E-state index in [0.717, 1.165) is 27.0 Å². The van der Waals surface area contributed by atoms with Crippen molar-refractivity contribution in [2.75, 3.05) is 12.4 Å². The number of rotatable bonds is 4. The highest BCUT2D eigenvalue weighted by molar-refractivity contribution is 9.10. The van der Waals surface area contributed by atoms with Gasteiger partial charge in [-0.2, -0.15) is 0 Å². The van der Waals surface area contributed by atoms with Crippen LogP contribution in [-0.2, 0) is 6.54 Å². The zero-order valence-electron chi connectivity index (χ0n) is 10.8. The predicted octanol–water partition coefficient (Wildman–Crippen LogP) is 4.52. The molecule has 2 rings (SSSR count). The van der Waals surface area contributed by atoms with Crippen molar-refractivity contribution < 1.29 is 9.13 Å². The van der Waals surface area contributed by atoms with Gasteiger partial charge in [-0.25, -0.2) is 4.39 Å². The summed E-state index contributed by atoms with van der Waals surface area (Å²) in [4.78, 5) is 0. The van der Waals surface area contributed by atoms with Crippen molar-refractivity contribution in [2.24, 2.45) is 0 Å². The fourth-order valence-electron chi connectivity index (χ4n) is 1.85. The molecule has 0 saturated carbocycles. The number of nitrogens with one attached hydrogen (secondary N) is 1. The van der Waals surface area contributed by atoms with E-state index in [1.165, 1.54) is 12.1 Å². The summed E-state index contributed by atoms with van der Waals surface area (Å²) in [5.74, 6) is 0.572. The molecule has 0 unspecified atom stereocenters. The topological polar surface area (TPSA) is 21.3 Å². The Morgan fingerprint density at radius 1 is 1.21 bits per heavy atom. The molecule has 2 aromatic carbocycles. The molecular weight excluding hydrogens is 309 g/mol. The summed E-state index contributed by atoms with van der Waals surface area (Å²) in [6, 6.07) is 10.7. The van der Waals surface area contributed by atoms with Crippen LogP contribution in [0.25, 0.3) is 0 Å². The Morgan fingerprint density at radius 3 is 2.68 bits per heavy atom. The molecule has 0 radical (unpaired) electrons. The molecule has 0 aliphatic rings. The molecule has 4 heteroatoms. The van der Waals surface area contributed by atoms with E-state index in [2.05, 4.69) is 21.2 Å². The van der Waals surface area contributed by atoms with E-state index < -0.39 is 0 Å². The fraction of sp³-hybridized carbons (Fsp3) is 0.200. The first kappa shape index (κ1) is 13.9. The molecule has 19 heavy (non-hydrogen) atoms. The van der Waals surface area contributed by atoms with Crippen LogP contribution in [0.15, 0.2) is 40.9 Å². The van der Waals surface area contributed by atoms with Gasteiger partial charge in [-0.1, -0.05) is 15.9 Å². The highest BCUT2D eigenvalue weighted by Gasteiger charge is 2.03. The SMILES string of the molecule is COc1ccc(Br)c(CNc2cc(C)cc(F)c2)c1. The summed E-state index contributed by atoms with van der Waals surface area (Å²) in [5.41, 5.74) is 2.72. The van der Waals surface area contributed by atoms with Crippen LogP contribution in [0.3, 0.4) is 0 Å². The average molecular weight is 324 g/mol. The average Bonchev–Trinajstić information content (AvgIpc) is 2.37. The number of aryl methyl sites for hydroxylation is 1. The molecular formula is C15H15BrFNO. The van der Waals surface area contributed by atoms with Crippen LogP contribution in [0.4, 0.5) is 10.1 Å². The molecule has 0 aliphatic carbocycles. The second kappa shape index (κ2) is 6.06. The van der Waals surface area contributed by atoms with Gasteiger partial charge in [-0.05, 0) is 54.4 Å². The molecule has 0 aromatic heterocycles. The predicted molar refractivity (Wildman–Crippen MR) is 79.2 cm³/mol. The molecule has 100 valence electrons. The van der Waals surface area contributed by atoms with Crippen molar-refractivity contribution in [1.82, 2.24) is 0 Å². The first-order valence-corrected chi connectivity index (χ1v) is 6.71. The molecule has 0 heterocycles. The smallest absolute Gasteiger partial charge is 0.125 e. The Bertz CT molecular complexity index is 566. The van der Waals surface area contributed by atoms with Crippen molar-refractivity contribution in [3.8, 4) is 5.75 Å². The standard InChI is InChI=1S/C15H15BrFNO/c1-10-5-12(17)8-13(6-10)18-9-11-7-14(19-2)3-4-15(11)16/h3-8,18H,9H2,1-2H3. The van der Waals surface area contributed by atoms with Gasteiger partial charge in [0.05, 0.1) is 7.11 Å². The van der Waals surface area contributed by atoms with Crippen LogP contribution in [0, 0.1) is 12.7 Å². The maximum absolute atomic E-state index is 13.3. The normalized spacial score (nSPS) is 10.3. The van der Waals surface area contributed by atoms with E-state index in [4.69, 9.17) is 4.74 Å². The van der Waals surface area contributed by atoms with Gasteiger partial charge in [0, 0.05) is 16.7 Å². The number of ether oxygens (including phenoxy) is 1. The lowest BCUT2D eigenvalue weighted by Crippen LogP contribution is -2.01. The van der Waals surface area contributed by atoms with Gasteiger partial charge in [0.1, 0.15) is 11.6 Å². The van der Waals surface area contributed by atoms with E-state index in [1.807, 2.05) is 31.2 Å². The minimum Gasteiger partial charge on any atom is -0.497 e. The zero-order chi connectivity index (χ0) is 13.8. The Hall–Kier alpha value is -1.55. The van der Waals surface area contributed by atoms with Crippen molar-refractivity contribution in [2.45, 2.75) is 13.5 Å². The van der Waals surface area contributed by atoms with Gasteiger partial charge in [-0.3, -0.25) is 0 Å². The highest BCUT2D eigenvalue weighted by Crippen LogP contribution is 2.23. The zero-order valence-corrected chi connectivity index (χ0v) is 12.4. The van der Waals surface area contributed by atoms with Gasteiger partial charge < -0.3 is 10.1 Å². The molecule has 1 N–H and O–H groups in total. The van der Waals surface area contributed by atoms with Crippen molar-refractivity contribution in [3.63, 3.8) is 0 Å². The van der Waals surface area contributed by atoms with Crippen molar-refractivity contribution >= 4 is 21.6 Å². The molecule has 2 aromatic rings. The Labute approximate surface area is 120 Å². The van der Waals surface area contributed by atoms with Gasteiger partial charge in [0.25, 0.3) is 0 Å². The third kappa shape index (κ3) is 3.70. The number of hydrogen-bond donors (Lipinski definition) is 1. The molecule has 0 fully saturated rings. The first-order chi connectivity index (χ1) is 9.08. The molecule has 0 atom stereocenters.